The molecule has 1 aliphatic rings. The fourth-order valence-corrected chi connectivity index (χ4v) is 3.15. The molecule has 1 aromatic carbocycles. The number of aromatic nitrogens is 2. The van der Waals surface area contributed by atoms with Crippen LogP contribution in [0, 0.1) is 5.82 Å². The molecule has 1 aliphatic heterocycles. The molecule has 8 nitrogen and oxygen atoms in total. The molecule has 0 aliphatic carbocycles. The number of aryl methyl sites for hydroxylation is 1. The summed E-state index contributed by atoms with van der Waals surface area (Å²) in [6, 6.07) is 9.03. The standard InChI is InChI=1S/C15H15N3O4.C7H4F4O/c1-18-8-9(7-11(18)15(20)21)14(19)17-10-4-6-22-12-3-2-5-16-13(10)12;8-5-3-1-2-4-6(5)12-7(9,10)11/h2-3,5,7-8,10H,4,6H2,1H3,(H,17,19)(H,20,21);1-4H. The Bertz CT molecular complexity index is 1180. The number of hydrogen-bond donors (Lipinski definition) is 2. The maximum Gasteiger partial charge on any atom is 0.573 e. The van der Waals surface area contributed by atoms with Crippen LogP contribution in [0.1, 0.15) is 39.0 Å². The predicted molar refractivity (Wildman–Crippen MR) is 110 cm³/mol. The second kappa shape index (κ2) is 10.2. The van der Waals surface area contributed by atoms with Crippen LogP contribution in [-0.2, 0) is 7.05 Å². The molecule has 0 fully saturated rings. The van der Waals surface area contributed by atoms with Crippen LogP contribution in [0.25, 0.3) is 0 Å². The van der Waals surface area contributed by atoms with E-state index in [4.69, 9.17) is 9.84 Å². The smallest absolute Gasteiger partial charge is 0.491 e. The molecule has 1 atom stereocenters. The van der Waals surface area contributed by atoms with Gasteiger partial charge >= 0.3 is 12.3 Å². The van der Waals surface area contributed by atoms with Gasteiger partial charge in [-0.15, -0.1) is 13.2 Å². The minimum atomic E-state index is -4.85. The van der Waals surface area contributed by atoms with Crippen molar-refractivity contribution in [1.82, 2.24) is 14.9 Å². The Labute approximate surface area is 190 Å². The maximum absolute atomic E-state index is 12.5. The molecule has 3 heterocycles. The number of fused-ring (bicyclic) bond motifs is 1. The average Bonchev–Trinajstić information content (AvgIpc) is 3.17. The van der Waals surface area contributed by atoms with Crippen LogP contribution in [0.5, 0.6) is 11.5 Å². The summed E-state index contributed by atoms with van der Waals surface area (Å²) >= 11 is 0. The summed E-state index contributed by atoms with van der Waals surface area (Å²) in [5, 5.41) is 11.9. The fraction of sp³-hybridized carbons (Fsp3) is 0.227. The van der Waals surface area contributed by atoms with Gasteiger partial charge in [0, 0.05) is 25.9 Å². The molecule has 1 amide bonds. The lowest BCUT2D eigenvalue weighted by Gasteiger charge is -2.25. The molecule has 0 saturated heterocycles. The first-order valence-corrected chi connectivity index (χ1v) is 9.83. The van der Waals surface area contributed by atoms with Crippen LogP contribution in [0.15, 0.2) is 54.9 Å². The number of carbonyl (C=O) groups is 2. The summed E-state index contributed by atoms with van der Waals surface area (Å²) in [7, 11) is 1.59. The lowest BCUT2D eigenvalue weighted by atomic mass is 10.1. The molecule has 0 radical (unpaired) electrons. The van der Waals surface area contributed by atoms with Crippen molar-refractivity contribution in [2.45, 2.75) is 18.8 Å². The van der Waals surface area contributed by atoms with Crippen LogP contribution < -0.4 is 14.8 Å². The van der Waals surface area contributed by atoms with Crippen LogP contribution in [0.2, 0.25) is 0 Å². The van der Waals surface area contributed by atoms with E-state index >= 15 is 0 Å². The molecule has 0 saturated carbocycles. The lowest BCUT2D eigenvalue weighted by Crippen LogP contribution is -2.32. The topological polar surface area (TPSA) is 103 Å². The highest BCUT2D eigenvalue weighted by molar-refractivity contribution is 5.97. The number of carboxylic acids is 1. The number of ether oxygens (including phenoxy) is 2. The van der Waals surface area contributed by atoms with E-state index in [1.165, 1.54) is 29.0 Å². The Morgan fingerprint density at radius 3 is 2.62 bits per heavy atom. The van der Waals surface area contributed by atoms with Crippen molar-refractivity contribution in [2.24, 2.45) is 7.05 Å². The van der Waals surface area contributed by atoms with Crippen molar-refractivity contribution >= 4 is 11.9 Å². The Balaban J connectivity index is 0.000000229. The summed E-state index contributed by atoms with van der Waals surface area (Å²) in [5.41, 5.74) is 1.07. The molecule has 180 valence electrons. The van der Waals surface area contributed by atoms with E-state index < -0.39 is 23.9 Å². The van der Waals surface area contributed by atoms with Gasteiger partial charge in [0.2, 0.25) is 0 Å². The third-order valence-corrected chi connectivity index (χ3v) is 4.65. The van der Waals surface area contributed by atoms with Crippen molar-refractivity contribution in [2.75, 3.05) is 6.61 Å². The molecule has 4 rings (SSSR count). The summed E-state index contributed by atoms with van der Waals surface area (Å²) in [4.78, 5) is 27.6. The van der Waals surface area contributed by atoms with E-state index in [0.29, 0.717) is 30.0 Å². The molecule has 3 aromatic rings. The number of rotatable bonds is 4. The van der Waals surface area contributed by atoms with Crippen molar-refractivity contribution in [3.8, 4) is 11.5 Å². The number of alkyl halides is 3. The van der Waals surface area contributed by atoms with Gasteiger partial charge in [-0.25, -0.2) is 9.18 Å². The van der Waals surface area contributed by atoms with E-state index in [-0.39, 0.29) is 17.6 Å². The molecular weight excluding hydrogens is 462 g/mol. The van der Waals surface area contributed by atoms with Crippen LogP contribution in [-0.4, -0.2) is 39.5 Å². The van der Waals surface area contributed by atoms with Gasteiger partial charge in [0.1, 0.15) is 17.1 Å². The Hall–Kier alpha value is -4.09. The van der Waals surface area contributed by atoms with Crippen molar-refractivity contribution in [3.05, 3.63) is 77.6 Å². The summed E-state index contributed by atoms with van der Waals surface area (Å²) in [5.74, 6) is -2.58. The monoisotopic (exact) mass is 481 g/mol. The molecule has 2 aromatic heterocycles. The van der Waals surface area contributed by atoms with Gasteiger partial charge in [0.15, 0.2) is 11.6 Å². The third-order valence-electron chi connectivity index (χ3n) is 4.65. The van der Waals surface area contributed by atoms with Crippen molar-refractivity contribution in [3.63, 3.8) is 0 Å². The molecule has 2 N–H and O–H groups in total. The fourth-order valence-electron chi connectivity index (χ4n) is 3.15. The molecular formula is C22H19F4N3O5. The number of aromatic carboxylic acids is 1. The summed E-state index contributed by atoms with van der Waals surface area (Å²) < 4.78 is 57.4. The molecule has 12 heteroatoms. The first-order valence-electron chi connectivity index (χ1n) is 9.83. The Kier molecular flexibility index (Phi) is 7.39. The second-order valence-corrected chi connectivity index (χ2v) is 7.06. The second-order valence-electron chi connectivity index (χ2n) is 7.06. The Morgan fingerprint density at radius 1 is 1.24 bits per heavy atom. The SMILES string of the molecule is Cn1cc(C(=O)NC2CCOc3cccnc32)cc1C(=O)O.Fc1ccccc1OC(F)(F)F. The molecule has 0 spiro atoms. The Morgan fingerprint density at radius 2 is 1.97 bits per heavy atom. The van der Waals surface area contributed by atoms with Gasteiger partial charge in [0.25, 0.3) is 5.91 Å². The zero-order valence-electron chi connectivity index (χ0n) is 17.7. The van der Waals surface area contributed by atoms with Gasteiger partial charge in [-0.1, -0.05) is 12.1 Å². The van der Waals surface area contributed by atoms with Gasteiger partial charge in [-0.2, -0.15) is 0 Å². The first kappa shape index (κ1) is 24.6. The van der Waals surface area contributed by atoms with Crippen LogP contribution in [0.3, 0.4) is 0 Å². The van der Waals surface area contributed by atoms with Gasteiger partial charge in [-0.05, 0) is 30.3 Å². The average molecular weight is 481 g/mol. The summed E-state index contributed by atoms with van der Waals surface area (Å²) in [6.07, 6.45) is -1.08. The molecule has 1 unspecified atom stereocenters. The number of amides is 1. The number of para-hydroxylation sites is 1. The number of hydrogen-bond acceptors (Lipinski definition) is 5. The van der Waals surface area contributed by atoms with E-state index in [1.807, 2.05) is 6.07 Å². The molecule has 34 heavy (non-hydrogen) atoms. The number of halogens is 4. The maximum atomic E-state index is 12.5. The number of carbonyl (C=O) groups excluding carboxylic acids is 1. The highest BCUT2D eigenvalue weighted by atomic mass is 19.4. The highest BCUT2D eigenvalue weighted by Crippen LogP contribution is 2.30. The van der Waals surface area contributed by atoms with Crippen LogP contribution in [0.4, 0.5) is 17.6 Å². The van der Waals surface area contributed by atoms with Crippen molar-refractivity contribution < 1.29 is 41.7 Å². The zero-order chi connectivity index (χ0) is 24.9. The normalized spacial score (nSPS) is 14.7. The zero-order valence-corrected chi connectivity index (χ0v) is 17.7. The van der Waals surface area contributed by atoms with Gasteiger partial charge < -0.3 is 24.5 Å². The summed E-state index contributed by atoms with van der Waals surface area (Å²) in [6.45, 7) is 0.499. The van der Waals surface area contributed by atoms with E-state index in [0.717, 1.165) is 12.1 Å². The number of benzene rings is 1. The number of nitrogens with one attached hydrogen (secondary N) is 1. The van der Waals surface area contributed by atoms with E-state index in [1.54, 1.807) is 19.3 Å². The number of carboxylic acid groups (broad SMARTS) is 1. The minimum Gasteiger partial charge on any atom is -0.491 e. The highest BCUT2D eigenvalue weighted by Gasteiger charge is 2.32. The number of nitrogens with zero attached hydrogens (tertiary/aromatic N) is 2. The van der Waals surface area contributed by atoms with Crippen LogP contribution >= 0.6 is 0 Å². The minimum absolute atomic E-state index is 0.0654. The van der Waals surface area contributed by atoms with Gasteiger partial charge in [-0.3, -0.25) is 9.78 Å². The van der Waals surface area contributed by atoms with E-state index in [9.17, 15) is 27.2 Å². The predicted octanol–water partition coefficient (Wildman–Crippen LogP) is 4.10. The third kappa shape index (κ3) is 6.24. The molecule has 0 bridgehead atoms. The quantitative estimate of drug-likeness (QED) is 0.544. The van der Waals surface area contributed by atoms with Crippen molar-refractivity contribution in [1.29, 1.82) is 0 Å². The first-order chi connectivity index (χ1) is 16.0. The van der Waals surface area contributed by atoms with E-state index in [2.05, 4.69) is 15.0 Å². The number of pyridine rings is 1. The lowest BCUT2D eigenvalue weighted by molar-refractivity contribution is -0.275. The largest absolute Gasteiger partial charge is 0.573 e. The van der Waals surface area contributed by atoms with Gasteiger partial charge in [0.05, 0.1) is 18.2 Å².